The Bertz CT molecular complexity index is 437. The summed E-state index contributed by atoms with van der Waals surface area (Å²) in [5.41, 5.74) is 0.928. The highest BCUT2D eigenvalue weighted by Gasteiger charge is 2.19. The Morgan fingerprint density at radius 3 is 2.95 bits per heavy atom. The van der Waals surface area contributed by atoms with E-state index in [9.17, 15) is 4.79 Å². The summed E-state index contributed by atoms with van der Waals surface area (Å²) < 4.78 is 16.4. The second kappa shape index (κ2) is 6.43. The predicted octanol–water partition coefficient (Wildman–Crippen LogP) is 1.88. The molecular weight excluding hydrogens is 248 g/mol. The van der Waals surface area contributed by atoms with Crippen molar-refractivity contribution in [3.63, 3.8) is 0 Å². The van der Waals surface area contributed by atoms with E-state index in [4.69, 9.17) is 19.3 Å². The third kappa shape index (κ3) is 3.86. The second-order valence-corrected chi connectivity index (χ2v) is 4.48. The van der Waals surface area contributed by atoms with Gasteiger partial charge >= 0.3 is 5.97 Å². The van der Waals surface area contributed by atoms with Crippen LogP contribution >= 0.6 is 0 Å². The lowest BCUT2D eigenvalue weighted by Crippen LogP contribution is -2.16. The standard InChI is InChI=1S/C14H18O5/c1-17-12-4-2-10(3-5-14(15)16)8-13(12)19-11-6-7-18-9-11/h2,4,8,11H,3,5-7,9H2,1H3,(H,15,16). The summed E-state index contributed by atoms with van der Waals surface area (Å²) >= 11 is 0. The van der Waals surface area contributed by atoms with Crippen molar-refractivity contribution in [3.8, 4) is 11.5 Å². The summed E-state index contributed by atoms with van der Waals surface area (Å²) in [7, 11) is 1.59. The van der Waals surface area contributed by atoms with Gasteiger partial charge in [0.25, 0.3) is 0 Å². The first-order valence-corrected chi connectivity index (χ1v) is 6.32. The van der Waals surface area contributed by atoms with Gasteiger partial charge in [-0.3, -0.25) is 4.79 Å². The van der Waals surface area contributed by atoms with Gasteiger partial charge in [-0.25, -0.2) is 0 Å². The smallest absolute Gasteiger partial charge is 0.303 e. The van der Waals surface area contributed by atoms with Crippen LogP contribution in [0.15, 0.2) is 18.2 Å². The fraction of sp³-hybridized carbons (Fsp3) is 0.500. The second-order valence-electron chi connectivity index (χ2n) is 4.48. The summed E-state index contributed by atoms with van der Waals surface area (Å²) in [6, 6.07) is 5.52. The van der Waals surface area contributed by atoms with Crippen molar-refractivity contribution in [1.82, 2.24) is 0 Å². The van der Waals surface area contributed by atoms with Crippen molar-refractivity contribution in [2.75, 3.05) is 20.3 Å². The van der Waals surface area contributed by atoms with Crippen molar-refractivity contribution in [1.29, 1.82) is 0 Å². The highest BCUT2D eigenvalue weighted by Crippen LogP contribution is 2.30. The topological polar surface area (TPSA) is 65.0 Å². The maximum absolute atomic E-state index is 10.6. The molecule has 1 atom stereocenters. The number of hydrogen-bond donors (Lipinski definition) is 1. The van der Waals surface area contributed by atoms with E-state index in [1.54, 1.807) is 7.11 Å². The quantitative estimate of drug-likeness (QED) is 0.851. The Morgan fingerprint density at radius 2 is 2.32 bits per heavy atom. The number of aryl methyl sites for hydroxylation is 1. The van der Waals surface area contributed by atoms with Gasteiger partial charge in [0, 0.05) is 12.8 Å². The minimum Gasteiger partial charge on any atom is -0.493 e. The zero-order valence-electron chi connectivity index (χ0n) is 10.9. The molecule has 0 saturated carbocycles. The van der Waals surface area contributed by atoms with Crippen LogP contribution in [0.2, 0.25) is 0 Å². The Hall–Kier alpha value is -1.75. The molecule has 0 radical (unpaired) electrons. The summed E-state index contributed by atoms with van der Waals surface area (Å²) in [5.74, 6) is 0.509. The molecule has 2 rings (SSSR count). The summed E-state index contributed by atoms with van der Waals surface area (Å²) in [6.07, 6.45) is 1.50. The van der Waals surface area contributed by atoms with Crippen molar-refractivity contribution in [2.24, 2.45) is 0 Å². The molecule has 1 aliphatic rings. The van der Waals surface area contributed by atoms with Crippen LogP contribution in [0.25, 0.3) is 0 Å². The van der Waals surface area contributed by atoms with E-state index >= 15 is 0 Å². The molecule has 104 valence electrons. The third-order valence-corrected chi connectivity index (χ3v) is 3.04. The van der Waals surface area contributed by atoms with Gasteiger partial charge in [-0.05, 0) is 24.1 Å². The molecule has 0 aliphatic carbocycles. The molecule has 5 heteroatoms. The Balaban J connectivity index is 2.08. The average molecular weight is 266 g/mol. The third-order valence-electron chi connectivity index (χ3n) is 3.04. The normalized spacial score (nSPS) is 18.3. The van der Waals surface area contributed by atoms with Gasteiger partial charge in [-0.2, -0.15) is 0 Å². The SMILES string of the molecule is COc1ccc(CCC(=O)O)cc1OC1CCOC1. The van der Waals surface area contributed by atoms with Gasteiger partial charge in [0.2, 0.25) is 0 Å². The molecule has 1 saturated heterocycles. The Morgan fingerprint density at radius 1 is 1.47 bits per heavy atom. The molecule has 1 N–H and O–H groups in total. The van der Waals surface area contributed by atoms with Gasteiger partial charge in [0.05, 0.1) is 20.3 Å². The van der Waals surface area contributed by atoms with Crippen molar-refractivity contribution >= 4 is 5.97 Å². The Labute approximate surface area is 112 Å². The van der Waals surface area contributed by atoms with Crippen molar-refractivity contribution in [3.05, 3.63) is 23.8 Å². The first-order valence-electron chi connectivity index (χ1n) is 6.32. The van der Waals surface area contributed by atoms with Crippen LogP contribution in [0.1, 0.15) is 18.4 Å². The van der Waals surface area contributed by atoms with Crippen LogP contribution in [-0.2, 0) is 16.0 Å². The molecule has 0 amide bonds. The molecule has 1 aliphatic heterocycles. The van der Waals surface area contributed by atoms with Gasteiger partial charge in [-0.1, -0.05) is 6.07 Å². The molecule has 0 aromatic heterocycles. The number of carboxylic acid groups (broad SMARTS) is 1. The van der Waals surface area contributed by atoms with E-state index in [1.165, 1.54) is 0 Å². The van der Waals surface area contributed by atoms with Crippen molar-refractivity contribution in [2.45, 2.75) is 25.4 Å². The molecule has 0 spiro atoms. The van der Waals surface area contributed by atoms with Crippen molar-refractivity contribution < 1.29 is 24.1 Å². The number of ether oxygens (including phenoxy) is 3. The zero-order chi connectivity index (χ0) is 13.7. The molecule has 1 fully saturated rings. The summed E-state index contributed by atoms with van der Waals surface area (Å²) in [6.45, 7) is 1.30. The first kappa shape index (κ1) is 13.7. The van der Waals surface area contributed by atoms with Crippen LogP contribution in [-0.4, -0.2) is 37.5 Å². The van der Waals surface area contributed by atoms with E-state index in [0.717, 1.165) is 12.0 Å². The lowest BCUT2D eigenvalue weighted by Gasteiger charge is -2.15. The van der Waals surface area contributed by atoms with Crippen LogP contribution in [0.4, 0.5) is 0 Å². The van der Waals surface area contributed by atoms with Gasteiger partial charge in [-0.15, -0.1) is 0 Å². The number of aliphatic carboxylic acids is 1. The fourth-order valence-electron chi connectivity index (χ4n) is 2.01. The minimum absolute atomic E-state index is 0.0450. The summed E-state index contributed by atoms with van der Waals surface area (Å²) in [4.78, 5) is 10.6. The van der Waals surface area contributed by atoms with Gasteiger partial charge < -0.3 is 19.3 Å². The maximum atomic E-state index is 10.6. The number of carboxylic acids is 1. The van der Waals surface area contributed by atoms with E-state index < -0.39 is 5.97 Å². The number of rotatable bonds is 6. The molecule has 5 nitrogen and oxygen atoms in total. The molecule has 1 aromatic carbocycles. The van der Waals surface area contributed by atoms with Crippen LogP contribution in [0.3, 0.4) is 0 Å². The van der Waals surface area contributed by atoms with Gasteiger partial charge in [0.15, 0.2) is 11.5 Å². The van der Waals surface area contributed by atoms with E-state index in [0.29, 0.717) is 31.1 Å². The molecule has 1 unspecified atom stereocenters. The van der Waals surface area contributed by atoms with Crippen LogP contribution in [0, 0.1) is 0 Å². The number of carbonyl (C=O) groups is 1. The number of hydrogen-bond acceptors (Lipinski definition) is 4. The highest BCUT2D eigenvalue weighted by atomic mass is 16.6. The molecule has 19 heavy (non-hydrogen) atoms. The average Bonchev–Trinajstić information content (AvgIpc) is 2.89. The van der Waals surface area contributed by atoms with E-state index in [-0.39, 0.29) is 12.5 Å². The summed E-state index contributed by atoms with van der Waals surface area (Å²) in [5, 5.41) is 8.70. The molecule has 1 heterocycles. The molecular formula is C14H18O5. The van der Waals surface area contributed by atoms with Gasteiger partial charge in [0.1, 0.15) is 6.10 Å². The largest absolute Gasteiger partial charge is 0.493 e. The zero-order valence-corrected chi connectivity index (χ0v) is 10.9. The highest BCUT2D eigenvalue weighted by molar-refractivity contribution is 5.67. The molecule has 0 bridgehead atoms. The number of benzene rings is 1. The monoisotopic (exact) mass is 266 g/mol. The van der Waals surface area contributed by atoms with E-state index in [2.05, 4.69) is 0 Å². The predicted molar refractivity (Wildman–Crippen MR) is 68.8 cm³/mol. The lowest BCUT2D eigenvalue weighted by molar-refractivity contribution is -0.136. The maximum Gasteiger partial charge on any atom is 0.303 e. The molecule has 1 aromatic rings. The van der Waals surface area contributed by atoms with Crippen LogP contribution < -0.4 is 9.47 Å². The first-order chi connectivity index (χ1) is 9.19. The minimum atomic E-state index is -0.803. The lowest BCUT2D eigenvalue weighted by atomic mass is 10.1. The van der Waals surface area contributed by atoms with Crippen LogP contribution in [0.5, 0.6) is 11.5 Å². The van der Waals surface area contributed by atoms with E-state index in [1.807, 2.05) is 18.2 Å². The number of methoxy groups -OCH3 is 1. The fourth-order valence-corrected chi connectivity index (χ4v) is 2.01. The Kier molecular flexibility index (Phi) is 4.63.